The molecule has 3 aromatic rings. The second-order valence-electron chi connectivity index (χ2n) is 7.28. The number of nitrogens with zero attached hydrogens (tertiary/aromatic N) is 3. The summed E-state index contributed by atoms with van der Waals surface area (Å²) in [6.07, 6.45) is 5.29. The molecule has 4 rings (SSSR count). The maximum Gasteiger partial charge on any atom is 0.255 e. The highest BCUT2D eigenvalue weighted by atomic mass is 19.1. The first-order chi connectivity index (χ1) is 15.0. The van der Waals surface area contributed by atoms with Gasteiger partial charge < -0.3 is 20.4 Å². The molecule has 3 N–H and O–H groups in total. The molecule has 0 saturated carbocycles. The minimum absolute atomic E-state index is 0.104. The summed E-state index contributed by atoms with van der Waals surface area (Å²) in [5.41, 5.74) is 2.34. The Kier molecular flexibility index (Phi) is 7.91. The quantitative estimate of drug-likeness (QED) is 0.557. The van der Waals surface area contributed by atoms with Crippen LogP contribution in [0.1, 0.15) is 29.6 Å². The first kappa shape index (κ1) is 22.6. The number of carbonyl (C=O) groups excluding carboxylic acids is 1. The zero-order chi connectivity index (χ0) is 22.2. The van der Waals surface area contributed by atoms with Crippen LogP contribution in [0.15, 0.2) is 48.8 Å². The normalized spacial score (nSPS) is 14.3. The third-order valence-electron chi connectivity index (χ3n) is 4.99. The lowest BCUT2D eigenvalue weighted by molar-refractivity contribution is 0.0891. The zero-order valence-electron chi connectivity index (χ0n) is 17.0. The number of benzene rings is 1. The van der Waals surface area contributed by atoms with Crippen LogP contribution in [0.25, 0.3) is 5.52 Å². The summed E-state index contributed by atoms with van der Waals surface area (Å²) in [4.78, 5) is 14.6. The number of carbonyl (C=O) groups is 1. The third kappa shape index (κ3) is 6.22. The zero-order valence-corrected chi connectivity index (χ0v) is 17.0. The van der Waals surface area contributed by atoms with E-state index in [9.17, 15) is 18.7 Å². The van der Waals surface area contributed by atoms with Gasteiger partial charge in [-0.05, 0) is 55.7 Å². The minimum Gasteiger partial charge on any atom is -0.396 e. The number of pyridine rings is 1. The lowest BCUT2D eigenvalue weighted by Gasteiger charge is -2.17. The Morgan fingerprint density at radius 2 is 1.77 bits per heavy atom. The van der Waals surface area contributed by atoms with Gasteiger partial charge in [0.05, 0.1) is 23.4 Å². The number of hydrogen-bond acceptors (Lipinski definition) is 5. The fraction of sp³-hybridized carbons (Fsp3) is 0.364. The summed E-state index contributed by atoms with van der Waals surface area (Å²) in [5, 5.41) is 25.3. The molecule has 0 radical (unpaired) electrons. The monoisotopic (exact) mass is 432 g/mol. The number of aromatic nitrogens is 2. The summed E-state index contributed by atoms with van der Waals surface area (Å²) in [5.74, 6) is -1.09. The largest absolute Gasteiger partial charge is 0.396 e. The molecule has 1 unspecified atom stereocenters. The highest BCUT2D eigenvalue weighted by molar-refractivity contribution is 6.01. The van der Waals surface area contributed by atoms with Crippen LogP contribution >= 0.6 is 0 Å². The fourth-order valence-corrected chi connectivity index (χ4v) is 3.30. The molecule has 7 nitrogen and oxygen atoms in total. The maximum atomic E-state index is 12.3. The molecule has 31 heavy (non-hydrogen) atoms. The van der Waals surface area contributed by atoms with Crippen molar-refractivity contribution in [2.24, 2.45) is 0 Å². The van der Waals surface area contributed by atoms with E-state index < -0.39 is 17.7 Å². The number of aliphatic hydroxyl groups is 2. The average Bonchev–Trinajstić information content (AvgIpc) is 3.44. The first-order valence-electron chi connectivity index (χ1n) is 10.2. The molecule has 0 spiro atoms. The maximum absolute atomic E-state index is 12.3. The second kappa shape index (κ2) is 10.8. The van der Waals surface area contributed by atoms with Crippen molar-refractivity contribution in [1.29, 1.82) is 0 Å². The fourth-order valence-electron chi connectivity index (χ4n) is 3.30. The Morgan fingerprint density at radius 3 is 2.39 bits per heavy atom. The Morgan fingerprint density at radius 1 is 1.13 bits per heavy atom. The van der Waals surface area contributed by atoms with Crippen molar-refractivity contribution in [3.8, 4) is 0 Å². The van der Waals surface area contributed by atoms with Crippen molar-refractivity contribution in [3.63, 3.8) is 0 Å². The number of amides is 1. The number of aliphatic hydroxyl groups excluding tert-OH is 2. The Hall–Kier alpha value is -3.04. The molecular weight excluding hydrogens is 406 g/mol. The lowest BCUT2D eigenvalue weighted by Crippen LogP contribution is -2.32. The van der Waals surface area contributed by atoms with Crippen molar-refractivity contribution in [1.82, 2.24) is 14.9 Å². The summed E-state index contributed by atoms with van der Waals surface area (Å²) >= 11 is 0. The Balaban J connectivity index is 0.000000287. The smallest absolute Gasteiger partial charge is 0.255 e. The molecule has 1 aliphatic rings. The molecule has 0 aliphatic carbocycles. The molecular formula is C22H26F2N4O3. The molecule has 1 atom stereocenters. The Labute approximate surface area is 178 Å². The van der Waals surface area contributed by atoms with E-state index in [0.29, 0.717) is 5.56 Å². The SMILES string of the molecule is Fc1ccc(F)cc1.O=C(NCC(O)CCO)c1cnn2ccc(N3CCCC3)cc12. The molecule has 3 heterocycles. The van der Waals surface area contributed by atoms with E-state index in [0.717, 1.165) is 48.6 Å². The molecule has 1 saturated heterocycles. The van der Waals surface area contributed by atoms with E-state index in [-0.39, 0.29) is 25.5 Å². The highest BCUT2D eigenvalue weighted by Gasteiger charge is 2.17. The van der Waals surface area contributed by atoms with Crippen molar-refractivity contribution >= 4 is 17.1 Å². The number of halogens is 2. The van der Waals surface area contributed by atoms with Crippen LogP contribution in [-0.2, 0) is 0 Å². The lowest BCUT2D eigenvalue weighted by atomic mass is 10.2. The van der Waals surface area contributed by atoms with Crippen molar-refractivity contribution < 1.29 is 23.8 Å². The van der Waals surface area contributed by atoms with Crippen LogP contribution in [0.5, 0.6) is 0 Å². The summed E-state index contributed by atoms with van der Waals surface area (Å²) in [6.45, 7) is 2.09. The van der Waals surface area contributed by atoms with E-state index in [1.165, 1.54) is 19.0 Å². The molecule has 1 aliphatic heterocycles. The number of anilines is 1. The van der Waals surface area contributed by atoms with Crippen LogP contribution in [0.2, 0.25) is 0 Å². The van der Waals surface area contributed by atoms with Gasteiger partial charge in [-0.3, -0.25) is 4.79 Å². The summed E-state index contributed by atoms with van der Waals surface area (Å²) in [7, 11) is 0. The van der Waals surface area contributed by atoms with Gasteiger partial charge in [0.15, 0.2) is 0 Å². The third-order valence-corrected chi connectivity index (χ3v) is 4.99. The van der Waals surface area contributed by atoms with Crippen LogP contribution in [0.4, 0.5) is 14.5 Å². The van der Waals surface area contributed by atoms with Gasteiger partial charge in [0.2, 0.25) is 0 Å². The summed E-state index contributed by atoms with van der Waals surface area (Å²) < 4.78 is 25.5. The molecule has 0 bridgehead atoms. The van der Waals surface area contributed by atoms with Gasteiger partial charge in [-0.15, -0.1) is 0 Å². The topological polar surface area (TPSA) is 90.1 Å². The van der Waals surface area contributed by atoms with Crippen LogP contribution in [-0.4, -0.2) is 58.1 Å². The van der Waals surface area contributed by atoms with E-state index in [4.69, 9.17) is 5.11 Å². The predicted octanol–water partition coefficient (Wildman–Crippen LogP) is 2.37. The van der Waals surface area contributed by atoms with E-state index >= 15 is 0 Å². The van der Waals surface area contributed by atoms with Crippen molar-refractivity contribution in [2.75, 3.05) is 31.1 Å². The van der Waals surface area contributed by atoms with Crippen LogP contribution in [0.3, 0.4) is 0 Å². The van der Waals surface area contributed by atoms with Crippen molar-refractivity contribution in [3.05, 3.63) is 66.0 Å². The van der Waals surface area contributed by atoms with Gasteiger partial charge in [0.25, 0.3) is 5.91 Å². The number of rotatable bonds is 6. The van der Waals surface area contributed by atoms with Crippen LogP contribution in [0, 0.1) is 11.6 Å². The standard InChI is InChI=1S/C16H22N4O3.C6H4F2/c21-8-4-13(22)10-17-16(23)14-11-18-20-7-3-12(9-15(14)20)19-5-1-2-6-19;7-5-1-2-6(8)4-3-5/h3,7,9,11,13,21-22H,1-2,4-6,8,10H2,(H,17,23);1-4H. The van der Waals surface area contributed by atoms with Gasteiger partial charge in [-0.25, -0.2) is 13.3 Å². The van der Waals surface area contributed by atoms with E-state index in [1.54, 1.807) is 4.52 Å². The molecule has 166 valence electrons. The Bertz CT molecular complexity index is 967. The van der Waals surface area contributed by atoms with Gasteiger partial charge in [-0.2, -0.15) is 5.10 Å². The number of hydrogen-bond donors (Lipinski definition) is 3. The first-order valence-corrected chi connectivity index (χ1v) is 10.2. The predicted molar refractivity (Wildman–Crippen MR) is 113 cm³/mol. The van der Waals surface area contributed by atoms with Crippen molar-refractivity contribution in [2.45, 2.75) is 25.4 Å². The minimum atomic E-state index is -0.744. The van der Waals surface area contributed by atoms with Crippen LogP contribution < -0.4 is 10.2 Å². The highest BCUT2D eigenvalue weighted by Crippen LogP contribution is 2.23. The summed E-state index contributed by atoms with van der Waals surface area (Å²) in [6, 6.07) is 8.31. The number of nitrogens with one attached hydrogen (secondary N) is 1. The second-order valence-corrected chi connectivity index (χ2v) is 7.28. The van der Waals surface area contributed by atoms with Gasteiger partial charge in [0, 0.05) is 38.1 Å². The van der Waals surface area contributed by atoms with E-state index in [2.05, 4.69) is 15.3 Å². The van der Waals surface area contributed by atoms with Gasteiger partial charge in [0.1, 0.15) is 11.6 Å². The van der Waals surface area contributed by atoms with Gasteiger partial charge in [-0.1, -0.05) is 0 Å². The number of fused-ring (bicyclic) bond motifs is 1. The molecule has 1 aromatic carbocycles. The average molecular weight is 432 g/mol. The molecule has 2 aromatic heterocycles. The molecule has 1 fully saturated rings. The van der Waals surface area contributed by atoms with E-state index in [1.807, 2.05) is 18.3 Å². The molecule has 1 amide bonds. The van der Waals surface area contributed by atoms with Gasteiger partial charge >= 0.3 is 0 Å². The molecule has 9 heteroatoms.